The molecule has 28 nitrogen and oxygen atoms in total. The summed E-state index contributed by atoms with van der Waals surface area (Å²) in [6.07, 6.45) is 20.3. The molecule has 1 saturated heterocycles. The number of quaternary nitrogens is 1. The van der Waals surface area contributed by atoms with Crippen LogP contribution in [0.3, 0.4) is 0 Å². The number of carbonyl (C=O) groups excluding carboxylic acids is 12. The topological polar surface area (TPSA) is 554 Å². The fourth-order valence-corrected chi connectivity index (χ4v) is 7.86. The summed E-state index contributed by atoms with van der Waals surface area (Å²) in [5.41, 5.74) is 16.1. The van der Waals surface area contributed by atoms with Gasteiger partial charge >= 0.3 is 367 Å². The van der Waals surface area contributed by atoms with E-state index in [9.17, 15) is 109 Å². The fraction of sp³-hybridized carbons (Fsp3) is 0.257. The van der Waals surface area contributed by atoms with Gasteiger partial charge in [0.2, 0.25) is 11.8 Å². The van der Waals surface area contributed by atoms with Crippen molar-refractivity contribution in [2.24, 2.45) is 0 Å². The summed E-state index contributed by atoms with van der Waals surface area (Å²) in [6, 6.07) is 30.2. The first-order valence-electron chi connectivity index (χ1n) is 29.7. The summed E-state index contributed by atoms with van der Waals surface area (Å²) in [4.78, 5) is 128. The Morgan fingerprint density at radius 3 is 0.736 bits per heavy atom. The number of amides is 2. The van der Waals surface area contributed by atoms with Gasteiger partial charge in [-0.25, -0.2) is 0 Å². The van der Waals surface area contributed by atoms with E-state index in [4.69, 9.17) is 17.2 Å². The molecule has 10 N–H and O–H groups in total. The van der Waals surface area contributed by atoms with Crippen molar-refractivity contribution in [3.05, 3.63) is 177 Å². The number of carboxylic acid groups (broad SMARTS) is 10. The minimum absolute atomic E-state index is 0. The first kappa shape index (κ1) is 124. The minimum atomic E-state index is -1.82. The van der Waals surface area contributed by atoms with Crippen LogP contribution in [0.2, 0.25) is 0 Å². The van der Waals surface area contributed by atoms with Crippen molar-refractivity contribution < 1.29 is 481 Å². The van der Waals surface area contributed by atoms with Crippen molar-refractivity contribution in [3.8, 4) is 0 Å². The SMILES string of the molecule is C.C1CC[NH2+]CC1.CC(=O)Nc1ccc(C=C(C(=O)[O-])C(=O)[O-])cc1.CCCCCCCCCCCC(=O)Nc1ccc(C=C(C(=O)[O-])C(=O)[O-])cc1.Nc1ccc(C=C(C(=O)[O-])C(=O)[O-])cc1.Nc1ccc(C=C(C(=O)[O-])C(=O)[O-])cc1.Nc1ccc(C=C(C(=O)[O-])C(=O)[O-])cc1.[K+].[K+].[K+].[K+].[K+].[K+].[Na+].[Na+]. The van der Waals surface area contributed by atoms with E-state index in [1.165, 1.54) is 187 Å². The predicted molar refractivity (Wildman–Crippen MR) is 342 cm³/mol. The van der Waals surface area contributed by atoms with Gasteiger partial charge in [-0.3, -0.25) is 9.59 Å². The first-order chi connectivity index (χ1) is 45.8. The Kier molecular flexibility index (Phi) is 85.9. The predicted octanol–water partition coefficient (Wildman–Crippen LogP) is -28.2. The molecule has 526 valence electrons. The van der Waals surface area contributed by atoms with Crippen molar-refractivity contribution in [1.29, 1.82) is 0 Å². The van der Waals surface area contributed by atoms with Crippen LogP contribution in [0.15, 0.2) is 149 Å². The summed E-state index contributed by atoms with van der Waals surface area (Å²) in [5.74, 6) is -18.3. The average molecular weight is 1630 g/mol. The molecule has 1 aliphatic heterocycles. The van der Waals surface area contributed by atoms with Crippen LogP contribution in [0.1, 0.15) is 133 Å². The Labute approximate surface area is 915 Å². The van der Waals surface area contributed by atoms with Crippen LogP contribution >= 0.6 is 0 Å². The molecule has 2 amide bonds. The zero-order valence-corrected chi connectivity index (χ0v) is 83.6. The third-order valence-electron chi connectivity index (χ3n) is 12.8. The maximum atomic E-state index is 12.0. The monoisotopic (exact) mass is 1630 g/mol. The molecule has 5 aromatic carbocycles. The van der Waals surface area contributed by atoms with Gasteiger partial charge in [-0.15, -0.1) is 0 Å². The summed E-state index contributed by atoms with van der Waals surface area (Å²) in [7, 11) is 0. The number of unbranched alkanes of at least 4 members (excludes halogenated alkanes) is 8. The quantitative estimate of drug-likeness (QED) is 0.00710. The maximum Gasteiger partial charge on any atom is 1.00 e. The van der Waals surface area contributed by atoms with Gasteiger partial charge in [0, 0.05) is 69.6 Å². The molecule has 36 heteroatoms. The van der Waals surface area contributed by atoms with E-state index in [1.54, 1.807) is 12.1 Å². The minimum Gasteiger partial charge on any atom is -0.545 e. The smallest absolute Gasteiger partial charge is 0.545 e. The number of nitrogen functional groups attached to an aromatic ring is 3. The van der Waals surface area contributed by atoms with E-state index in [-0.39, 0.29) is 387 Å². The normalized spacial score (nSPS) is 9.64. The summed E-state index contributed by atoms with van der Waals surface area (Å²) < 4.78 is 0. The van der Waals surface area contributed by atoms with Crippen molar-refractivity contribution in [1.82, 2.24) is 0 Å². The largest absolute Gasteiger partial charge is 1.00 e. The zero-order chi connectivity index (χ0) is 73.0. The Hall–Kier alpha value is -0.382. The molecule has 1 fully saturated rings. The summed E-state index contributed by atoms with van der Waals surface area (Å²) in [5, 5.41) is 112. The molecular formula is C70H75K6N6Na2O22-. The third-order valence-corrected chi connectivity index (χ3v) is 12.8. The molecule has 0 bridgehead atoms. The number of piperidine rings is 1. The molecule has 0 aromatic heterocycles. The van der Waals surface area contributed by atoms with E-state index in [0.717, 1.165) is 49.6 Å². The Bertz CT molecular complexity index is 3390. The number of nitrogens with two attached hydrogens (primary N) is 4. The number of anilines is 5. The standard InChI is InChI=1S/C22H31NO5.C12H11NO5.3C10H9NO4.C5H11N.CH4.6K.2Na/c1-2-3-4-5-6-7-8-9-10-11-20(24)23-18-14-12-17(13-15-18)16-19(21(25)26)22(27)28;1-7(14)13-9-4-2-8(3-5-9)6-10(11(15)16)12(17)18;3*11-7-3-1-6(2-4-7)5-8(9(12)13)10(14)15;1-2-4-6-5-3-1;;;;;;;;;/h12-16H,2-11H2,1H3,(H,23,24)(H,25,26)(H,27,28);2-6H,1H3,(H,13,14)(H,15,16)(H,17,18);3*1-5H,11H2,(H,12,13)(H,14,15);6H,1-5H2;1H4;;;;;;;;/q;;;;;;;8*+1/p-9. The maximum absolute atomic E-state index is 12.0. The average Bonchev–Trinajstić information content (AvgIpc) is 0.907. The van der Waals surface area contributed by atoms with Crippen molar-refractivity contribution >= 4 is 130 Å². The van der Waals surface area contributed by atoms with Gasteiger partial charge in [0.25, 0.3) is 0 Å². The van der Waals surface area contributed by atoms with E-state index in [0.29, 0.717) is 62.7 Å². The van der Waals surface area contributed by atoms with Crippen LogP contribution in [0, 0.1) is 0 Å². The second-order valence-electron chi connectivity index (χ2n) is 20.6. The Morgan fingerprint density at radius 2 is 0.547 bits per heavy atom. The first-order valence-corrected chi connectivity index (χ1v) is 29.7. The number of nitrogens with one attached hydrogen (secondary N) is 2. The number of aliphatic carboxylic acids is 10. The molecule has 0 aliphatic carbocycles. The number of hydrogen-bond donors (Lipinski definition) is 6. The Balaban J connectivity index is -0.000000155. The number of benzene rings is 5. The van der Waals surface area contributed by atoms with Crippen molar-refractivity contribution in [2.45, 2.75) is 105 Å². The van der Waals surface area contributed by atoms with Gasteiger partial charge in [-0.05, 0) is 145 Å². The second kappa shape index (κ2) is 73.5. The molecule has 0 radical (unpaired) electrons. The van der Waals surface area contributed by atoms with Crippen LogP contribution in [-0.4, -0.2) is 84.6 Å². The van der Waals surface area contributed by atoms with Crippen LogP contribution < -0.4 is 452 Å². The van der Waals surface area contributed by atoms with E-state index in [1.807, 2.05) is 0 Å². The molecule has 0 atom stereocenters. The van der Waals surface area contributed by atoms with Gasteiger partial charge in [-0.2, -0.15) is 0 Å². The van der Waals surface area contributed by atoms with Crippen LogP contribution in [0.4, 0.5) is 28.4 Å². The number of carboxylic acids is 10. The van der Waals surface area contributed by atoms with Gasteiger partial charge < -0.3 is 132 Å². The van der Waals surface area contributed by atoms with Gasteiger partial charge in [0.1, 0.15) is 0 Å². The van der Waals surface area contributed by atoms with Crippen LogP contribution in [-0.2, 0) is 57.5 Å². The van der Waals surface area contributed by atoms with Crippen molar-refractivity contribution in [3.63, 3.8) is 0 Å². The van der Waals surface area contributed by atoms with Gasteiger partial charge in [-0.1, -0.05) is 126 Å². The molecule has 5 aromatic rings. The molecule has 0 saturated carbocycles. The Morgan fingerprint density at radius 1 is 0.340 bits per heavy atom. The van der Waals surface area contributed by atoms with E-state index in [2.05, 4.69) is 22.9 Å². The molecule has 0 unspecified atom stereocenters. The summed E-state index contributed by atoms with van der Waals surface area (Å²) in [6.45, 7) is 6.30. The van der Waals surface area contributed by atoms with Gasteiger partial charge in [0.15, 0.2) is 0 Å². The molecular weight excluding hydrogens is 1560 g/mol. The molecule has 1 aliphatic rings. The van der Waals surface area contributed by atoms with Crippen LogP contribution in [0.25, 0.3) is 30.4 Å². The number of rotatable bonds is 27. The second-order valence-corrected chi connectivity index (χ2v) is 20.6. The summed E-state index contributed by atoms with van der Waals surface area (Å²) >= 11 is 0. The van der Waals surface area contributed by atoms with Crippen LogP contribution in [0.5, 0.6) is 0 Å². The third kappa shape index (κ3) is 60.2. The fourth-order valence-electron chi connectivity index (χ4n) is 7.86. The number of carbonyl (C=O) groups is 12. The van der Waals surface area contributed by atoms with Gasteiger partial charge in [0.05, 0.1) is 72.8 Å². The molecule has 0 spiro atoms. The zero-order valence-electron chi connectivity index (χ0n) is 60.8. The van der Waals surface area contributed by atoms with E-state index >= 15 is 0 Å². The molecule has 6 rings (SSSR count). The van der Waals surface area contributed by atoms with Crippen molar-refractivity contribution in [2.75, 3.05) is 40.9 Å². The molecule has 106 heavy (non-hydrogen) atoms. The molecule has 1 heterocycles. The number of hydrogen-bond acceptors (Lipinski definition) is 25. The van der Waals surface area contributed by atoms with E-state index < -0.39 is 87.6 Å².